The molecule has 0 aliphatic heterocycles. The standard InChI is InChI=1S/C21H19N3O2/c1-16-4-6-18(7-5-16)15-26-20-10-8-17(9-11-20)13-23-24-21(25)19-3-2-12-22-14-19/h2-14H,15H2,1H3,(H,24,25). The predicted molar refractivity (Wildman–Crippen MR) is 101 cm³/mol. The van der Waals surface area contributed by atoms with Crippen LogP contribution in [0.1, 0.15) is 27.0 Å². The largest absolute Gasteiger partial charge is 0.489 e. The number of nitrogens with zero attached hydrogens (tertiary/aromatic N) is 2. The average Bonchev–Trinajstić information content (AvgIpc) is 2.69. The van der Waals surface area contributed by atoms with Crippen molar-refractivity contribution >= 4 is 12.1 Å². The summed E-state index contributed by atoms with van der Waals surface area (Å²) in [4.78, 5) is 15.7. The van der Waals surface area contributed by atoms with E-state index in [1.54, 1.807) is 24.5 Å². The lowest BCUT2D eigenvalue weighted by atomic mass is 10.2. The zero-order valence-corrected chi connectivity index (χ0v) is 14.4. The molecule has 2 aromatic carbocycles. The molecule has 3 aromatic rings. The van der Waals surface area contributed by atoms with Crippen molar-refractivity contribution in [2.45, 2.75) is 13.5 Å². The summed E-state index contributed by atoms with van der Waals surface area (Å²) in [5.41, 5.74) is 6.15. The van der Waals surface area contributed by atoms with Crippen LogP contribution >= 0.6 is 0 Å². The molecule has 5 nitrogen and oxygen atoms in total. The third kappa shape index (κ3) is 5.01. The van der Waals surface area contributed by atoms with Gasteiger partial charge in [0.1, 0.15) is 12.4 Å². The number of aromatic nitrogens is 1. The Hall–Kier alpha value is -3.47. The van der Waals surface area contributed by atoms with E-state index in [9.17, 15) is 4.79 Å². The van der Waals surface area contributed by atoms with Gasteiger partial charge in [-0.25, -0.2) is 5.43 Å². The number of benzene rings is 2. The summed E-state index contributed by atoms with van der Waals surface area (Å²) in [5.74, 6) is 0.481. The number of hydrazone groups is 1. The maximum absolute atomic E-state index is 11.8. The topological polar surface area (TPSA) is 63.6 Å². The molecule has 1 aromatic heterocycles. The normalized spacial score (nSPS) is 10.7. The number of rotatable bonds is 6. The van der Waals surface area contributed by atoms with Crippen molar-refractivity contribution in [3.63, 3.8) is 0 Å². The van der Waals surface area contributed by atoms with Crippen LogP contribution in [0.5, 0.6) is 5.75 Å². The van der Waals surface area contributed by atoms with Crippen LogP contribution in [0.15, 0.2) is 78.2 Å². The fourth-order valence-corrected chi connectivity index (χ4v) is 2.23. The van der Waals surface area contributed by atoms with E-state index in [-0.39, 0.29) is 5.91 Å². The smallest absolute Gasteiger partial charge is 0.272 e. The van der Waals surface area contributed by atoms with Gasteiger partial charge in [0.25, 0.3) is 5.91 Å². The highest BCUT2D eigenvalue weighted by Gasteiger charge is 2.02. The Bertz CT molecular complexity index is 873. The lowest BCUT2D eigenvalue weighted by Gasteiger charge is -2.06. The summed E-state index contributed by atoms with van der Waals surface area (Å²) in [6.45, 7) is 2.58. The molecule has 0 aliphatic rings. The van der Waals surface area contributed by atoms with Crippen LogP contribution in [0.3, 0.4) is 0 Å². The highest BCUT2D eigenvalue weighted by molar-refractivity contribution is 5.94. The molecule has 0 saturated heterocycles. The van der Waals surface area contributed by atoms with Gasteiger partial charge < -0.3 is 4.74 Å². The summed E-state index contributed by atoms with van der Waals surface area (Å²) in [6.07, 6.45) is 4.69. The van der Waals surface area contributed by atoms with Gasteiger partial charge in [0.15, 0.2) is 0 Å². The zero-order chi connectivity index (χ0) is 18.2. The highest BCUT2D eigenvalue weighted by atomic mass is 16.5. The first-order chi connectivity index (χ1) is 12.7. The molecule has 0 atom stereocenters. The second-order valence-electron chi connectivity index (χ2n) is 5.78. The minimum absolute atomic E-state index is 0.299. The summed E-state index contributed by atoms with van der Waals surface area (Å²) >= 11 is 0. The van der Waals surface area contributed by atoms with Crippen LogP contribution in [-0.2, 0) is 6.61 Å². The van der Waals surface area contributed by atoms with E-state index < -0.39 is 0 Å². The number of aryl methyl sites for hydroxylation is 1. The minimum Gasteiger partial charge on any atom is -0.489 e. The molecule has 5 heteroatoms. The fraction of sp³-hybridized carbons (Fsp3) is 0.0952. The number of pyridine rings is 1. The Kier molecular flexibility index (Phi) is 5.72. The molecule has 1 N–H and O–H groups in total. The van der Waals surface area contributed by atoms with E-state index in [2.05, 4.69) is 46.7 Å². The number of carbonyl (C=O) groups excluding carboxylic acids is 1. The second-order valence-corrected chi connectivity index (χ2v) is 5.78. The van der Waals surface area contributed by atoms with Crippen molar-refractivity contribution in [1.29, 1.82) is 0 Å². The second kappa shape index (κ2) is 8.58. The van der Waals surface area contributed by atoms with Crippen LogP contribution in [0, 0.1) is 6.92 Å². The van der Waals surface area contributed by atoms with E-state index in [0.29, 0.717) is 12.2 Å². The molecule has 1 heterocycles. The first-order valence-corrected chi connectivity index (χ1v) is 8.22. The van der Waals surface area contributed by atoms with Crippen LogP contribution in [0.4, 0.5) is 0 Å². The summed E-state index contributed by atoms with van der Waals surface area (Å²) in [6, 6.07) is 19.1. The monoisotopic (exact) mass is 345 g/mol. The van der Waals surface area contributed by atoms with E-state index in [1.807, 2.05) is 24.3 Å². The summed E-state index contributed by atoms with van der Waals surface area (Å²) < 4.78 is 5.77. The molecule has 0 aliphatic carbocycles. The predicted octanol–water partition coefficient (Wildman–Crippen LogP) is 3.73. The molecule has 1 amide bonds. The number of hydrogen-bond acceptors (Lipinski definition) is 4. The van der Waals surface area contributed by atoms with Gasteiger partial charge in [0.2, 0.25) is 0 Å². The molecule has 0 fully saturated rings. The zero-order valence-electron chi connectivity index (χ0n) is 14.4. The molecule has 0 radical (unpaired) electrons. The molecule has 0 spiro atoms. The maximum atomic E-state index is 11.8. The Morgan fingerprint density at radius 3 is 2.58 bits per heavy atom. The van der Waals surface area contributed by atoms with Crippen LogP contribution in [0.25, 0.3) is 0 Å². The van der Waals surface area contributed by atoms with Gasteiger partial charge in [-0.2, -0.15) is 5.10 Å². The van der Waals surface area contributed by atoms with Gasteiger partial charge in [-0.3, -0.25) is 9.78 Å². The first-order valence-electron chi connectivity index (χ1n) is 8.22. The van der Waals surface area contributed by atoms with Crippen molar-refractivity contribution < 1.29 is 9.53 Å². The van der Waals surface area contributed by atoms with E-state index in [4.69, 9.17) is 4.74 Å². The first kappa shape index (κ1) is 17.4. The number of hydrogen-bond donors (Lipinski definition) is 1. The average molecular weight is 345 g/mol. The summed E-state index contributed by atoms with van der Waals surface area (Å²) in [7, 11) is 0. The van der Waals surface area contributed by atoms with Crippen molar-refractivity contribution in [3.05, 3.63) is 95.3 Å². The molecule has 0 unspecified atom stereocenters. The number of carbonyl (C=O) groups is 1. The molecule has 0 bridgehead atoms. The number of ether oxygens (including phenoxy) is 1. The van der Waals surface area contributed by atoms with Gasteiger partial charge >= 0.3 is 0 Å². The molecular formula is C21H19N3O2. The van der Waals surface area contributed by atoms with Gasteiger partial charge in [-0.15, -0.1) is 0 Å². The van der Waals surface area contributed by atoms with Crippen molar-refractivity contribution in [1.82, 2.24) is 10.4 Å². The Morgan fingerprint density at radius 1 is 1.12 bits per heavy atom. The Morgan fingerprint density at radius 2 is 1.88 bits per heavy atom. The third-order valence-electron chi connectivity index (χ3n) is 3.71. The molecule has 3 rings (SSSR count). The highest BCUT2D eigenvalue weighted by Crippen LogP contribution is 2.14. The van der Waals surface area contributed by atoms with E-state index >= 15 is 0 Å². The quantitative estimate of drug-likeness (QED) is 0.547. The van der Waals surface area contributed by atoms with Crippen LogP contribution in [0.2, 0.25) is 0 Å². The molecule has 130 valence electrons. The minimum atomic E-state index is -0.299. The van der Waals surface area contributed by atoms with Gasteiger partial charge in [0.05, 0.1) is 11.8 Å². The number of nitrogens with one attached hydrogen (secondary N) is 1. The third-order valence-corrected chi connectivity index (χ3v) is 3.71. The SMILES string of the molecule is Cc1ccc(COc2ccc(C=NNC(=O)c3cccnc3)cc2)cc1. The lowest BCUT2D eigenvalue weighted by Crippen LogP contribution is -2.17. The molecule has 26 heavy (non-hydrogen) atoms. The van der Waals surface area contributed by atoms with Crippen LogP contribution < -0.4 is 10.2 Å². The van der Waals surface area contributed by atoms with Gasteiger partial charge in [0, 0.05) is 12.4 Å². The Balaban J connectivity index is 1.51. The van der Waals surface area contributed by atoms with Crippen molar-refractivity contribution in [2.24, 2.45) is 5.10 Å². The molecular weight excluding hydrogens is 326 g/mol. The van der Waals surface area contributed by atoms with Crippen molar-refractivity contribution in [2.75, 3.05) is 0 Å². The number of amides is 1. The Labute approximate surface area is 152 Å². The van der Waals surface area contributed by atoms with Gasteiger partial charge in [-0.05, 0) is 54.4 Å². The van der Waals surface area contributed by atoms with Gasteiger partial charge in [-0.1, -0.05) is 29.8 Å². The van der Waals surface area contributed by atoms with Crippen molar-refractivity contribution in [3.8, 4) is 5.75 Å². The fourth-order valence-electron chi connectivity index (χ4n) is 2.23. The maximum Gasteiger partial charge on any atom is 0.272 e. The van der Waals surface area contributed by atoms with E-state index in [0.717, 1.165) is 16.9 Å². The van der Waals surface area contributed by atoms with Crippen LogP contribution in [-0.4, -0.2) is 17.1 Å². The lowest BCUT2D eigenvalue weighted by molar-refractivity contribution is 0.0955. The van der Waals surface area contributed by atoms with E-state index in [1.165, 1.54) is 11.8 Å². The summed E-state index contributed by atoms with van der Waals surface area (Å²) in [5, 5.41) is 3.96. The molecule has 0 saturated carbocycles.